The number of aliphatic hydroxyl groups is 1. The average Bonchev–Trinajstić information content (AvgIpc) is 2.54. The molecule has 0 spiro atoms. The first-order valence-electron chi connectivity index (χ1n) is 9.84. The van der Waals surface area contributed by atoms with Gasteiger partial charge in [-0.05, 0) is 25.8 Å². The standard InChI is InChI=1S/C20H41NO/c1-3-5-6-7-8-9-10-11-12-13-14-15-16-17-18-20(19-22)21-4-2/h16-17,20-22H,3-15,18-19H2,1-2H3/b17-16+. The van der Waals surface area contributed by atoms with Gasteiger partial charge in [-0.25, -0.2) is 0 Å². The number of hydrogen-bond donors (Lipinski definition) is 2. The number of likely N-dealkylation sites (N-methyl/N-ethyl adjacent to an activating group) is 1. The topological polar surface area (TPSA) is 32.3 Å². The van der Waals surface area contributed by atoms with Crippen LogP contribution in [0.25, 0.3) is 0 Å². The highest BCUT2D eigenvalue weighted by Crippen LogP contribution is 2.12. The maximum absolute atomic E-state index is 9.16. The van der Waals surface area contributed by atoms with E-state index in [1.807, 2.05) is 0 Å². The molecule has 132 valence electrons. The van der Waals surface area contributed by atoms with Gasteiger partial charge in [0.15, 0.2) is 0 Å². The molecule has 0 amide bonds. The Labute approximate surface area is 139 Å². The summed E-state index contributed by atoms with van der Waals surface area (Å²) in [6.45, 7) is 5.52. The van der Waals surface area contributed by atoms with E-state index in [9.17, 15) is 0 Å². The first-order valence-corrected chi connectivity index (χ1v) is 9.84. The molecular formula is C20H41NO. The number of nitrogens with one attached hydrogen (secondary N) is 1. The molecule has 1 unspecified atom stereocenters. The maximum atomic E-state index is 9.16. The van der Waals surface area contributed by atoms with E-state index in [2.05, 4.69) is 31.3 Å². The molecule has 22 heavy (non-hydrogen) atoms. The fourth-order valence-electron chi connectivity index (χ4n) is 2.82. The quantitative estimate of drug-likeness (QED) is 0.270. The van der Waals surface area contributed by atoms with Crippen LogP contribution in [0.5, 0.6) is 0 Å². The van der Waals surface area contributed by atoms with Gasteiger partial charge in [0.05, 0.1) is 6.61 Å². The van der Waals surface area contributed by atoms with Crippen molar-refractivity contribution in [3.8, 4) is 0 Å². The highest BCUT2D eigenvalue weighted by molar-refractivity contribution is 4.86. The Morgan fingerprint density at radius 3 is 1.82 bits per heavy atom. The minimum Gasteiger partial charge on any atom is -0.395 e. The minimum atomic E-state index is 0.233. The maximum Gasteiger partial charge on any atom is 0.0587 e. The van der Waals surface area contributed by atoms with Crippen molar-refractivity contribution in [3.05, 3.63) is 12.2 Å². The van der Waals surface area contributed by atoms with Gasteiger partial charge in [0, 0.05) is 6.04 Å². The van der Waals surface area contributed by atoms with Gasteiger partial charge >= 0.3 is 0 Å². The Kier molecular flexibility index (Phi) is 18.4. The third kappa shape index (κ3) is 16.0. The summed E-state index contributed by atoms with van der Waals surface area (Å²) in [6.07, 6.45) is 22.1. The monoisotopic (exact) mass is 311 g/mol. The van der Waals surface area contributed by atoms with Crippen molar-refractivity contribution in [1.29, 1.82) is 0 Å². The molecule has 0 radical (unpaired) electrons. The van der Waals surface area contributed by atoms with Crippen LogP contribution in [0.1, 0.15) is 97.3 Å². The van der Waals surface area contributed by atoms with Crippen molar-refractivity contribution in [2.24, 2.45) is 0 Å². The van der Waals surface area contributed by atoms with Crippen LogP contribution in [-0.4, -0.2) is 24.3 Å². The highest BCUT2D eigenvalue weighted by Gasteiger charge is 2.01. The van der Waals surface area contributed by atoms with Gasteiger partial charge in [-0.1, -0.05) is 90.2 Å². The van der Waals surface area contributed by atoms with Crippen LogP contribution in [-0.2, 0) is 0 Å². The second kappa shape index (κ2) is 18.7. The fraction of sp³-hybridized carbons (Fsp3) is 0.900. The summed E-state index contributed by atoms with van der Waals surface area (Å²) >= 11 is 0. The summed E-state index contributed by atoms with van der Waals surface area (Å²) in [4.78, 5) is 0. The van der Waals surface area contributed by atoms with E-state index in [1.54, 1.807) is 0 Å². The molecule has 0 saturated heterocycles. The summed E-state index contributed by atoms with van der Waals surface area (Å²) in [6, 6.07) is 0.235. The van der Waals surface area contributed by atoms with Gasteiger partial charge in [-0.3, -0.25) is 0 Å². The van der Waals surface area contributed by atoms with Crippen LogP contribution in [0.15, 0.2) is 12.2 Å². The summed E-state index contributed by atoms with van der Waals surface area (Å²) in [5.41, 5.74) is 0. The molecule has 0 aliphatic rings. The van der Waals surface area contributed by atoms with Gasteiger partial charge in [0.25, 0.3) is 0 Å². The van der Waals surface area contributed by atoms with E-state index in [4.69, 9.17) is 5.11 Å². The molecule has 2 heteroatoms. The molecule has 1 atom stereocenters. The van der Waals surface area contributed by atoms with Gasteiger partial charge in [-0.2, -0.15) is 0 Å². The second-order valence-electron chi connectivity index (χ2n) is 6.47. The predicted molar refractivity (Wildman–Crippen MR) is 99.4 cm³/mol. The van der Waals surface area contributed by atoms with E-state index >= 15 is 0 Å². The van der Waals surface area contributed by atoms with Crippen LogP contribution in [0.3, 0.4) is 0 Å². The van der Waals surface area contributed by atoms with Crippen molar-refractivity contribution < 1.29 is 5.11 Å². The SMILES string of the molecule is CCCCCCCCCCCCC/C=C/CC(CO)NCC. The molecular weight excluding hydrogens is 270 g/mol. The van der Waals surface area contributed by atoms with E-state index < -0.39 is 0 Å². The zero-order valence-electron chi connectivity index (χ0n) is 15.3. The smallest absolute Gasteiger partial charge is 0.0587 e. The van der Waals surface area contributed by atoms with E-state index in [0.717, 1.165) is 13.0 Å². The lowest BCUT2D eigenvalue weighted by molar-refractivity contribution is 0.245. The van der Waals surface area contributed by atoms with Crippen LogP contribution in [0.4, 0.5) is 0 Å². The van der Waals surface area contributed by atoms with Gasteiger partial charge in [-0.15, -0.1) is 0 Å². The molecule has 0 aromatic rings. The Bertz CT molecular complexity index is 228. The average molecular weight is 312 g/mol. The highest BCUT2D eigenvalue weighted by atomic mass is 16.3. The largest absolute Gasteiger partial charge is 0.395 e. The summed E-state index contributed by atoms with van der Waals surface area (Å²) in [7, 11) is 0. The van der Waals surface area contributed by atoms with Crippen LogP contribution < -0.4 is 5.32 Å². The minimum absolute atomic E-state index is 0.233. The van der Waals surface area contributed by atoms with Crippen LogP contribution in [0, 0.1) is 0 Å². The van der Waals surface area contributed by atoms with Gasteiger partial charge < -0.3 is 10.4 Å². The van der Waals surface area contributed by atoms with E-state index in [0.29, 0.717) is 0 Å². The van der Waals surface area contributed by atoms with Crippen molar-refractivity contribution in [2.75, 3.05) is 13.2 Å². The summed E-state index contributed by atoms with van der Waals surface area (Å²) in [5, 5.41) is 12.4. The number of rotatable bonds is 17. The van der Waals surface area contributed by atoms with E-state index in [-0.39, 0.29) is 12.6 Å². The van der Waals surface area contributed by atoms with Crippen LogP contribution in [0.2, 0.25) is 0 Å². The van der Waals surface area contributed by atoms with Gasteiger partial charge in [0.2, 0.25) is 0 Å². The molecule has 0 rings (SSSR count). The van der Waals surface area contributed by atoms with E-state index in [1.165, 1.54) is 77.0 Å². The zero-order chi connectivity index (χ0) is 16.3. The number of aliphatic hydroxyl groups excluding tert-OH is 1. The molecule has 0 aliphatic heterocycles. The Morgan fingerprint density at radius 2 is 1.32 bits per heavy atom. The van der Waals surface area contributed by atoms with Gasteiger partial charge in [0.1, 0.15) is 0 Å². The van der Waals surface area contributed by atoms with Crippen molar-refractivity contribution in [1.82, 2.24) is 5.32 Å². The van der Waals surface area contributed by atoms with Crippen LogP contribution >= 0.6 is 0 Å². The molecule has 0 aliphatic carbocycles. The second-order valence-corrected chi connectivity index (χ2v) is 6.47. The molecule has 0 bridgehead atoms. The fourth-order valence-corrected chi connectivity index (χ4v) is 2.82. The first kappa shape index (κ1) is 21.7. The number of unbranched alkanes of at least 4 members (excludes halogenated alkanes) is 11. The first-order chi connectivity index (χ1) is 10.8. The molecule has 2 N–H and O–H groups in total. The molecule has 0 heterocycles. The van der Waals surface area contributed by atoms with Crippen molar-refractivity contribution >= 4 is 0 Å². The Hall–Kier alpha value is -0.340. The molecule has 0 fully saturated rings. The predicted octanol–water partition coefficient (Wildman–Crippen LogP) is 5.60. The number of hydrogen-bond acceptors (Lipinski definition) is 2. The summed E-state index contributed by atoms with van der Waals surface area (Å²) in [5.74, 6) is 0. The third-order valence-corrected chi connectivity index (χ3v) is 4.27. The van der Waals surface area contributed by atoms with Crippen molar-refractivity contribution in [2.45, 2.75) is 103 Å². The normalized spacial score (nSPS) is 13.0. The number of allylic oxidation sites excluding steroid dienone is 1. The van der Waals surface area contributed by atoms with Crippen molar-refractivity contribution in [3.63, 3.8) is 0 Å². The molecule has 0 aromatic heterocycles. The molecule has 0 saturated carbocycles. The third-order valence-electron chi connectivity index (χ3n) is 4.27. The summed E-state index contributed by atoms with van der Waals surface area (Å²) < 4.78 is 0. The lowest BCUT2D eigenvalue weighted by atomic mass is 10.1. The Morgan fingerprint density at radius 1 is 0.773 bits per heavy atom. The Balaban J connectivity index is 3.19. The zero-order valence-corrected chi connectivity index (χ0v) is 15.3. The lowest BCUT2D eigenvalue weighted by Gasteiger charge is -2.11. The lowest BCUT2D eigenvalue weighted by Crippen LogP contribution is -2.31. The molecule has 2 nitrogen and oxygen atoms in total. The molecule has 0 aromatic carbocycles.